The summed E-state index contributed by atoms with van der Waals surface area (Å²) >= 11 is 0. The van der Waals surface area contributed by atoms with Gasteiger partial charge in [-0.2, -0.15) is 0 Å². The second-order valence-electron chi connectivity index (χ2n) is 5.59. The predicted molar refractivity (Wildman–Crippen MR) is 93.4 cm³/mol. The van der Waals surface area contributed by atoms with Crippen LogP contribution in [0.4, 0.5) is 10.1 Å². The van der Waals surface area contributed by atoms with Crippen LogP contribution in [-0.4, -0.2) is 20.5 Å². The maximum absolute atomic E-state index is 13.3. The molecule has 0 aliphatic heterocycles. The fourth-order valence-electron chi connectivity index (χ4n) is 2.11. The summed E-state index contributed by atoms with van der Waals surface area (Å²) in [6.07, 6.45) is 0. The molecule has 2 aromatic carbocycles. The van der Waals surface area contributed by atoms with Gasteiger partial charge in [-0.3, -0.25) is 9.00 Å². The molecule has 0 saturated carbocycles. The number of rotatable bonds is 6. The van der Waals surface area contributed by atoms with Gasteiger partial charge in [0.25, 0.3) is 0 Å². The van der Waals surface area contributed by atoms with Crippen molar-refractivity contribution in [2.24, 2.45) is 0 Å². The molecule has 0 radical (unpaired) electrons. The summed E-state index contributed by atoms with van der Waals surface area (Å²) < 4.78 is 25.7. The van der Waals surface area contributed by atoms with E-state index in [9.17, 15) is 13.4 Å². The number of anilines is 1. The molecule has 6 heteroatoms. The monoisotopic (exact) mass is 349 g/mol. The number of nitrogens with one attached hydrogen (secondary N) is 1. The fourth-order valence-corrected chi connectivity index (χ4v) is 3.18. The first-order chi connectivity index (χ1) is 11.4. The van der Waals surface area contributed by atoms with Gasteiger partial charge in [0.05, 0.1) is 6.61 Å². The zero-order chi connectivity index (χ0) is 17.7. The minimum Gasteiger partial charge on any atom is -0.392 e. The van der Waals surface area contributed by atoms with E-state index < -0.39 is 27.8 Å². The molecule has 2 unspecified atom stereocenters. The SMILES string of the molecule is Cc1ccc(F)cc1NC(=O)C(C)S(=O)Cc1ccc(CO)cc1. The first-order valence-electron chi connectivity index (χ1n) is 7.53. The largest absolute Gasteiger partial charge is 0.392 e. The number of aliphatic hydroxyl groups is 1. The van der Waals surface area contributed by atoms with Gasteiger partial charge in [-0.1, -0.05) is 30.3 Å². The summed E-state index contributed by atoms with van der Waals surface area (Å²) in [4.78, 5) is 12.2. The van der Waals surface area contributed by atoms with E-state index in [4.69, 9.17) is 5.11 Å². The van der Waals surface area contributed by atoms with Gasteiger partial charge in [-0.25, -0.2) is 4.39 Å². The van der Waals surface area contributed by atoms with Crippen molar-refractivity contribution in [3.05, 3.63) is 65.0 Å². The molecule has 0 fully saturated rings. The third kappa shape index (κ3) is 4.72. The van der Waals surface area contributed by atoms with E-state index in [-0.39, 0.29) is 12.4 Å². The molecule has 24 heavy (non-hydrogen) atoms. The van der Waals surface area contributed by atoms with Crippen LogP contribution in [0, 0.1) is 12.7 Å². The molecule has 1 amide bonds. The Balaban J connectivity index is 2.01. The van der Waals surface area contributed by atoms with Crippen molar-refractivity contribution in [3.8, 4) is 0 Å². The fraction of sp³-hybridized carbons (Fsp3) is 0.278. The Labute approximate surface area is 143 Å². The van der Waals surface area contributed by atoms with Crippen molar-refractivity contribution in [2.75, 3.05) is 5.32 Å². The van der Waals surface area contributed by atoms with Gasteiger partial charge >= 0.3 is 0 Å². The summed E-state index contributed by atoms with van der Waals surface area (Å²) in [7, 11) is -1.41. The van der Waals surface area contributed by atoms with Crippen LogP contribution in [0.2, 0.25) is 0 Å². The number of carbonyl (C=O) groups excluding carboxylic acids is 1. The highest BCUT2D eigenvalue weighted by molar-refractivity contribution is 7.85. The van der Waals surface area contributed by atoms with E-state index >= 15 is 0 Å². The zero-order valence-electron chi connectivity index (χ0n) is 13.6. The molecule has 0 saturated heterocycles. The lowest BCUT2D eigenvalue weighted by Gasteiger charge is -2.14. The number of aliphatic hydroxyl groups excluding tert-OH is 1. The summed E-state index contributed by atoms with van der Waals surface area (Å²) in [6.45, 7) is 3.30. The van der Waals surface area contributed by atoms with Crippen LogP contribution in [0.25, 0.3) is 0 Å². The first kappa shape index (κ1) is 18.3. The molecule has 0 aliphatic rings. The number of hydrogen-bond donors (Lipinski definition) is 2. The molecular formula is C18H20FNO3S. The van der Waals surface area contributed by atoms with E-state index in [2.05, 4.69) is 5.32 Å². The Kier molecular flexibility index (Phi) is 6.23. The molecule has 128 valence electrons. The van der Waals surface area contributed by atoms with E-state index in [1.807, 2.05) is 0 Å². The topological polar surface area (TPSA) is 66.4 Å². The van der Waals surface area contributed by atoms with Crippen molar-refractivity contribution in [2.45, 2.75) is 31.5 Å². The molecule has 0 aliphatic carbocycles. The van der Waals surface area contributed by atoms with Crippen LogP contribution >= 0.6 is 0 Å². The van der Waals surface area contributed by atoms with Crippen molar-refractivity contribution in [3.63, 3.8) is 0 Å². The number of carbonyl (C=O) groups is 1. The van der Waals surface area contributed by atoms with Crippen LogP contribution in [0.15, 0.2) is 42.5 Å². The van der Waals surface area contributed by atoms with Gasteiger partial charge in [0.15, 0.2) is 0 Å². The third-order valence-electron chi connectivity index (χ3n) is 3.74. The standard InChI is InChI=1S/C18H20FNO3S/c1-12-3-8-16(19)9-17(12)20-18(22)13(2)24(23)11-15-6-4-14(10-21)5-7-15/h3-9,13,21H,10-11H2,1-2H3,(H,20,22). The Bertz CT molecular complexity index is 746. The Morgan fingerprint density at radius 3 is 2.46 bits per heavy atom. The summed E-state index contributed by atoms with van der Waals surface area (Å²) in [6, 6.07) is 11.2. The summed E-state index contributed by atoms with van der Waals surface area (Å²) in [5.41, 5.74) is 2.72. The van der Waals surface area contributed by atoms with Crippen molar-refractivity contribution in [1.29, 1.82) is 0 Å². The second-order valence-corrected chi connectivity index (χ2v) is 7.35. The highest BCUT2D eigenvalue weighted by Crippen LogP contribution is 2.17. The highest BCUT2D eigenvalue weighted by atomic mass is 32.2. The van der Waals surface area contributed by atoms with Gasteiger partial charge in [0.2, 0.25) is 5.91 Å². The molecule has 2 N–H and O–H groups in total. The van der Waals surface area contributed by atoms with Crippen LogP contribution in [0.5, 0.6) is 0 Å². The van der Waals surface area contributed by atoms with Crippen molar-refractivity contribution in [1.82, 2.24) is 0 Å². The molecule has 0 aromatic heterocycles. The van der Waals surface area contributed by atoms with Gasteiger partial charge in [0.1, 0.15) is 11.1 Å². The van der Waals surface area contributed by atoms with Crippen LogP contribution < -0.4 is 5.32 Å². The van der Waals surface area contributed by atoms with Gasteiger partial charge in [-0.05, 0) is 42.7 Å². The molecule has 2 rings (SSSR count). The molecule has 4 nitrogen and oxygen atoms in total. The zero-order valence-corrected chi connectivity index (χ0v) is 14.4. The average Bonchev–Trinajstić information content (AvgIpc) is 2.58. The number of benzene rings is 2. The Morgan fingerprint density at radius 2 is 1.83 bits per heavy atom. The minimum atomic E-state index is -1.41. The summed E-state index contributed by atoms with van der Waals surface area (Å²) in [5.74, 6) is -0.606. The minimum absolute atomic E-state index is 0.0465. The number of hydrogen-bond acceptors (Lipinski definition) is 3. The van der Waals surface area contributed by atoms with Crippen LogP contribution in [0.3, 0.4) is 0 Å². The van der Waals surface area contributed by atoms with E-state index in [0.717, 1.165) is 16.7 Å². The molecule has 0 bridgehead atoms. The first-order valence-corrected chi connectivity index (χ1v) is 8.91. The lowest BCUT2D eigenvalue weighted by molar-refractivity contribution is -0.115. The molecular weight excluding hydrogens is 329 g/mol. The second kappa shape index (κ2) is 8.17. The lowest BCUT2D eigenvalue weighted by Crippen LogP contribution is -2.30. The number of amides is 1. The van der Waals surface area contributed by atoms with Gasteiger partial charge < -0.3 is 10.4 Å². The van der Waals surface area contributed by atoms with Crippen molar-refractivity contribution >= 4 is 22.4 Å². The van der Waals surface area contributed by atoms with Crippen LogP contribution in [0.1, 0.15) is 23.6 Å². The average molecular weight is 349 g/mol. The smallest absolute Gasteiger partial charge is 0.239 e. The van der Waals surface area contributed by atoms with Crippen molar-refractivity contribution < 1.29 is 18.5 Å². The number of aryl methyl sites for hydroxylation is 1. The van der Waals surface area contributed by atoms with Gasteiger partial charge in [0, 0.05) is 22.2 Å². The maximum atomic E-state index is 13.3. The van der Waals surface area contributed by atoms with Gasteiger partial charge in [-0.15, -0.1) is 0 Å². The predicted octanol–water partition coefficient (Wildman–Crippen LogP) is 2.90. The summed E-state index contributed by atoms with van der Waals surface area (Å²) in [5, 5.41) is 10.9. The quantitative estimate of drug-likeness (QED) is 0.843. The van der Waals surface area contributed by atoms with E-state index in [1.54, 1.807) is 44.2 Å². The lowest BCUT2D eigenvalue weighted by atomic mass is 10.2. The third-order valence-corrected chi connectivity index (χ3v) is 5.36. The Morgan fingerprint density at radius 1 is 1.21 bits per heavy atom. The normalized spacial score (nSPS) is 13.3. The Hall–Kier alpha value is -2.05. The molecule has 0 heterocycles. The molecule has 2 aromatic rings. The molecule has 0 spiro atoms. The van der Waals surface area contributed by atoms with E-state index in [1.165, 1.54) is 12.1 Å². The van der Waals surface area contributed by atoms with E-state index in [0.29, 0.717) is 5.69 Å². The van der Waals surface area contributed by atoms with Crippen LogP contribution in [-0.2, 0) is 28.0 Å². The molecule has 2 atom stereocenters. The number of halogens is 1. The highest BCUT2D eigenvalue weighted by Gasteiger charge is 2.21. The maximum Gasteiger partial charge on any atom is 0.239 e.